The number of fused-ring (bicyclic) bond motifs is 1. The second kappa shape index (κ2) is 7.93. The lowest BCUT2D eigenvalue weighted by Crippen LogP contribution is -2.04. The molecule has 0 unspecified atom stereocenters. The molecule has 0 bridgehead atoms. The summed E-state index contributed by atoms with van der Waals surface area (Å²) >= 11 is 2.41. The van der Waals surface area contributed by atoms with E-state index in [4.69, 9.17) is 5.11 Å². The third-order valence-corrected chi connectivity index (χ3v) is 7.20. The molecular formula is C22H19NO4S2. The van der Waals surface area contributed by atoms with E-state index in [0.29, 0.717) is 16.2 Å². The zero-order chi connectivity index (χ0) is 20.5. The summed E-state index contributed by atoms with van der Waals surface area (Å²) in [5, 5.41) is 21.6. The van der Waals surface area contributed by atoms with Crippen molar-refractivity contribution in [2.75, 3.05) is 6.54 Å². The van der Waals surface area contributed by atoms with Gasteiger partial charge in [-0.25, -0.2) is 4.79 Å². The van der Waals surface area contributed by atoms with Gasteiger partial charge in [-0.15, -0.1) is 22.7 Å². The van der Waals surface area contributed by atoms with E-state index in [-0.39, 0.29) is 23.0 Å². The van der Waals surface area contributed by atoms with E-state index in [0.717, 1.165) is 34.6 Å². The van der Waals surface area contributed by atoms with Crippen molar-refractivity contribution < 1.29 is 19.8 Å². The number of ketones is 1. The number of rotatable bonds is 6. The molecule has 0 saturated heterocycles. The number of benzene rings is 1. The molecule has 2 N–H and O–H groups in total. The summed E-state index contributed by atoms with van der Waals surface area (Å²) in [6.45, 7) is 1.67. The molecule has 7 heteroatoms. The maximum absolute atomic E-state index is 12.3. The van der Waals surface area contributed by atoms with Crippen LogP contribution in [0.4, 0.5) is 0 Å². The molecule has 5 nitrogen and oxygen atoms in total. The third kappa shape index (κ3) is 3.88. The normalized spacial score (nSPS) is 13.5. The highest BCUT2D eigenvalue weighted by molar-refractivity contribution is 7.16. The summed E-state index contributed by atoms with van der Waals surface area (Å²) in [5.74, 6) is -1.10. The molecule has 0 saturated carbocycles. The molecule has 1 aromatic carbocycles. The third-order valence-electron chi connectivity index (χ3n) is 5.07. The largest absolute Gasteiger partial charge is 0.506 e. The molecule has 0 amide bonds. The number of carbonyl (C=O) groups is 2. The maximum atomic E-state index is 12.3. The number of hydrogen-bond donors (Lipinski definition) is 2. The quantitative estimate of drug-likeness (QED) is 0.427. The second-order valence-electron chi connectivity index (χ2n) is 6.96. The van der Waals surface area contributed by atoms with Gasteiger partial charge in [0.1, 0.15) is 17.2 Å². The fourth-order valence-corrected chi connectivity index (χ4v) is 5.26. The number of nitrogens with zero attached hydrogens (tertiary/aromatic N) is 1. The highest BCUT2D eigenvalue weighted by Crippen LogP contribution is 2.40. The molecule has 29 heavy (non-hydrogen) atoms. The minimum absolute atomic E-state index is 0.0884. The zero-order valence-electron chi connectivity index (χ0n) is 15.8. The zero-order valence-corrected chi connectivity index (χ0v) is 17.4. The highest BCUT2D eigenvalue weighted by atomic mass is 32.1. The van der Waals surface area contributed by atoms with Crippen molar-refractivity contribution in [3.05, 3.63) is 62.2 Å². The first-order valence-electron chi connectivity index (χ1n) is 9.24. The number of aliphatic imine (C=N–C) groups is 1. The van der Waals surface area contributed by atoms with Crippen LogP contribution in [0.3, 0.4) is 0 Å². The van der Waals surface area contributed by atoms with Crippen LogP contribution in [0.15, 0.2) is 40.7 Å². The van der Waals surface area contributed by atoms with Gasteiger partial charge in [-0.2, -0.15) is 0 Å². The molecule has 1 aliphatic carbocycles. The Balaban J connectivity index is 1.52. The first kappa shape index (κ1) is 19.5. The van der Waals surface area contributed by atoms with E-state index in [1.54, 1.807) is 6.92 Å². The molecule has 2 heterocycles. The Labute approximate surface area is 176 Å². The van der Waals surface area contributed by atoms with Gasteiger partial charge in [0.05, 0.1) is 9.75 Å². The summed E-state index contributed by atoms with van der Waals surface area (Å²) in [6, 6.07) is 9.28. The highest BCUT2D eigenvalue weighted by Gasteiger charge is 2.18. The summed E-state index contributed by atoms with van der Waals surface area (Å²) < 4.78 is 0. The van der Waals surface area contributed by atoms with Gasteiger partial charge in [-0.05, 0) is 61.1 Å². The van der Waals surface area contributed by atoms with E-state index in [1.165, 1.54) is 41.0 Å². The molecule has 1 aliphatic rings. The Hall–Kier alpha value is -2.77. The number of carboxylic acids is 1. The van der Waals surface area contributed by atoms with Crippen LogP contribution in [-0.2, 0) is 12.8 Å². The summed E-state index contributed by atoms with van der Waals surface area (Å²) in [5.41, 5.74) is 4.94. The van der Waals surface area contributed by atoms with Crippen LogP contribution in [0, 0.1) is 0 Å². The van der Waals surface area contributed by atoms with Crippen LogP contribution in [0.5, 0.6) is 5.75 Å². The molecule has 0 aliphatic heterocycles. The summed E-state index contributed by atoms with van der Waals surface area (Å²) in [6.07, 6.45) is 3.38. The van der Waals surface area contributed by atoms with Gasteiger partial charge in [0.2, 0.25) is 0 Å². The summed E-state index contributed by atoms with van der Waals surface area (Å²) in [7, 11) is 0. The number of aromatic carboxylic acids is 1. The van der Waals surface area contributed by atoms with Gasteiger partial charge in [0, 0.05) is 16.7 Å². The SMILES string of the molecule is CC(=NCC(=O)c1ccc(C(=O)O)s1)c1csc(-c2ccc3c(c2)CCC3)c1O. The van der Waals surface area contributed by atoms with E-state index in [9.17, 15) is 14.7 Å². The Kier molecular flexibility index (Phi) is 5.34. The Morgan fingerprint density at radius 3 is 2.62 bits per heavy atom. The first-order chi connectivity index (χ1) is 13.9. The van der Waals surface area contributed by atoms with Gasteiger partial charge in [-0.3, -0.25) is 9.79 Å². The fraction of sp³-hybridized carbons (Fsp3) is 0.227. The topological polar surface area (TPSA) is 87.0 Å². The lowest BCUT2D eigenvalue weighted by molar-refractivity contribution is 0.0702. The van der Waals surface area contributed by atoms with Crippen LogP contribution in [0.1, 0.15) is 49.4 Å². The Morgan fingerprint density at radius 1 is 1.10 bits per heavy atom. The van der Waals surface area contributed by atoms with Crippen molar-refractivity contribution in [2.45, 2.75) is 26.2 Å². The Morgan fingerprint density at radius 2 is 1.86 bits per heavy atom. The number of thiophene rings is 2. The van der Waals surface area contributed by atoms with Crippen molar-refractivity contribution in [3.8, 4) is 16.2 Å². The van der Waals surface area contributed by atoms with Crippen LogP contribution in [0.2, 0.25) is 0 Å². The molecule has 2 aromatic heterocycles. The number of hydrogen-bond acceptors (Lipinski definition) is 6. The fourth-order valence-electron chi connectivity index (χ4n) is 3.48. The van der Waals surface area contributed by atoms with E-state index < -0.39 is 5.97 Å². The van der Waals surface area contributed by atoms with Gasteiger partial charge in [-0.1, -0.05) is 12.1 Å². The second-order valence-corrected chi connectivity index (χ2v) is 8.92. The van der Waals surface area contributed by atoms with Crippen molar-refractivity contribution in [2.24, 2.45) is 4.99 Å². The number of aromatic hydroxyl groups is 1. The predicted octanol–water partition coefficient (Wildman–Crippen LogP) is 5.06. The lowest BCUT2D eigenvalue weighted by atomic mass is 10.0. The first-order valence-corrected chi connectivity index (χ1v) is 10.9. The smallest absolute Gasteiger partial charge is 0.345 e. The predicted molar refractivity (Wildman–Crippen MR) is 116 cm³/mol. The Bertz CT molecular complexity index is 1140. The minimum atomic E-state index is -1.05. The van der Waals surface area contributed by atoms with E-state index in [1.807, 2.05) is 11.4 Å². The van der Waals surface area contributed by atoms with Gasteiger partial charge < -0.3 is 10.2 Å². The van der Waals surface area contributed by atoms with Gasteiger partial charge >= 0.3 is 5.97 Å². The number of carbonyl (C=O) groups excluding carboxylic acids is 1. The molecule has 148 valence electrons. The molecule has 0 atom stereocenters. The number of aryl methyl sites for hydroxylation is 2. The van der Waals surface area contributed by atoms with E-state index in [2.05, 4.69) is 17.1 Å². The van der Waals surface area contributed by atoms with Crippen LogP contribution < -0.4 is 0 Å². The van der Waals surface area contributed by atoms with Crippen LogP contribution >= 0.6 is 22.7 Å². The van der Waals surface area contributed by atoms with E-state index >= 15 is 0 Å². The maximum Gasteiger partial charge on any atom is 0.345 e. The number of carboxylic acid groups (broad SMARTS) is 1. The van der Waals surface area contributed by atoms with Crippen molar-refractivity contribution in [1.82, 2.24) is 0 Å². The van der Waals surface area contributed by atoms with Gasteiger partial charge in [0.15, 0.2) is 5.78 Å². The molecule has 0 fully saturated rings. The molecular weight excluding hydrogens is 406 g/mol. The van der Waals surface area contributed by atoms with Crippen molar-refractivity contribution in [3.63, 3.8) is 0 Å². The van der Waals surface area contributed by atoms with Crippen molar-refractivity contribution in [1.29, 1.82) is 0 Å². The molecule has 3 aromatic rings. The molecule has 0 spiro atoms. The standard InChI is InChI=1S/C22H19NO4S2/c1-12(23-10-17(24)18-7-8-19(29-18)22(26)27)16-11-28-21(20(16)25)15-6-5-13-3-2-4-14(13)9-15/h5-9,11,25H,2-4,10H2,1H3,(H,26,27). The lowest BCUT2D eigenvalue weighted by Gasteiger charge is -2.05. The van der Waals surface area contributed by atoms with Crippen LogP contribution in [0.25, 0.3) is 10.4 Å². The molecule has 0 radical (unpaired) electrons. The molecule has 4 rings (SSSR count). The average molecular weight is 426 g/mol. The van der Waals surface area contributed by atoms with Gasteiger partial charge in [0.25, 0.3) is 0 Å². The van der Waals surface area contributed by atoms with Crippen LogP contribution in [-0.4, -0.2) is 34.2 Å². The average Bonchev–Trinajstić information content (AvgIpc) is 3.44. The monoisotopic (exact) mass is 425 g/mol. The minimum Gasteiger partial charge on any atom is -0.506 e. The number of Topliss-reactive ketones (excluding diaryl/α,β-unsaturated/α-hetero) is 1. The summed E-state index contributed by atoms with van der Waals surface area (Å²) in [4.78, 5) is 28.9. The van der Waals surface area contributed by atoms with Crippen molar-refractivity contribution >= 4 is 40.1 Å².